The number of carbonyl (C=O) groups excluding carboxylic acids is 1. The molecule has 2 rings (SSSR count). The molecule has 0 spiro atoms. The van der Waals surface area contributed by atoms with Gasteiger partial charge in [-0.1, -0.05) is 0 Å². The summed E-state index contributed by atoms with van der Waals surface area (Å²) < 4.78 is 0. The van der Waals surface area contributed by atoms with Crippen LogP contribution in [0.4, 0.5) is 0 Å². The Morgan fingerprint density at radius 1 is 1.62 bits per heavy atom. The minimum Gasteiger partial charge on any atom is -0.367 e. The van der Waals surface area contributed by atoms with Crippen molar-refractivity contribution in [2.75, 3.05) is 0 Å². The molecule has 0 radical (unpaired) electrons. The standard InChI is InChI=1S/C10H14N2O/c1-10(4-2-5-10)12-9(13)8-3-6-11-7-8/h3,6-7,11H,2,4-5H2,1H3,(H,12,13). The molecule has 3 heteroatoms. The second kappa shape index (κ2) is 2.91. The highest BCUT2D eigenvalue weighted by atomic mass is 16.1. The number of hydrogen-bond acceptors (Lipinski definition) is 1. The van der Waals surface area contributed by atoms with E-state index in [1.54, 1.807) is 18.5 Å². The van der Waals surface area contributed by atoms with Crippen LogP contribution in [0.3, 0.4) is 0 Å². The molecule has 1 aliphatic carbocycles. The van der Waals surface area contributed by atoms with Gasteiger partial charge in [0.1, 0.15) is 0 Å². The number of H-pyrrole nitrogens is 1. The van der Waals surface area contributed by atoms with Gasteiger partial charge in [-0.25, -0.2) is 0 Å². The first-order valence-electron chi connectivity index (χ1n) is 4.65. The van der Waals surface area contributed by atoms with Gasteiger partial charge < -0.3 is 10.3 Å². The zero-order valence-corrected chi connectivity index (χ0v) is 7.76. The predicted octanol–water partition coefficient (Wildman–Crippen LogP) is 1.69. The summed E-state index contributed by atoms with van der Waals surface area (Å²) in [5, 5.41) is 3.04. The van der Waals surface area contributed by atoms with E-state index >= 15 is 0 Å². The zero-order chi connectivity index (χ0) is 9.31. The summed E-state index contributed by atoms with van der Waals surface area (Å²) in [7, 11) is 0. The molecule has 2 N–H and O–H groups in total. The Bertz CT molecular complexity index is 299. The van der Waals surface area contributed by atoms with Crippen LogP contribution in [0.25, 0.3) is 0 Å². The van der Waals surface area contributed by atoms with Gasteiger partial charge >= 0.3 is 0 Å². The second-order valence-corrected chi connectivity index (χ2v) is 3.97. The SMILES string of the molecule is CC1(NC(=O)c2cc[nH]c2)CCC1. The molecule has 0 unspecified atom stereocenters. The second-order valence-electron chi connectivity index (χ2n) is 3.97. The maximum absolute atomic E-state index is 11.6. The minimum absolute atomic E-state index is 0.0310. The highest BCUT2D eigenvalue weighted by molar-refractivity contribution is 5.94. The lowest BCUT2D eigenvalue weighted by molar-refractivity contribution is 0.0850. The van der Waals surface area contributed by atoms with Gasteiger partial charge in [0.2, 0.25) is 0 Å². The molecule has 1 amide bonds. The molecule has 0 saturated heterocycles. The van der Waals surface area contributed by atoms with Crippen molar-refractivity contribution < 1.29 is 4.79 Å². The molecule has 1 aliphatic rings. The number of carbonyl (C=O) groups is 1. The van der Waals surface area contributed by atoms with Crippen molar-refractivity contribution in [3.05, 3.63) is 24.0 Å². The van der Waals surface area contributed by atoms with E-state index in [0.29, 0.717) is 5.56 Å². The van der Waals surface area contributed by atoms with E-state index in [4.69, 9.17) is 0 Å². The van der Waals surface area contributed by atoms with E-state index in [9.17, 15) is 4.79 Å². The van der Waals surface area contributed by atoms with E-state index in [1.807, 2.05) is 0 Å². The monoisotopic (exact) mass is 178 g/mol. The molecule has 0 atom stereocenters. The van der Waals surface area contributed by atoms with Gasteiger partial charge in [0, 0.05) is 17.9 Å². The molecular weight excluding hydrogens is 164 g/mol. The van der Waals surface area contributed by atoms with Crippen molar-refractivity contribution in [2.45, 2.75) is 31.7 Å². The van der Waals surface area contributed by atoms with Gasteiger partial charge in [0.05, 0.1) is 5.56 Å². The van der Waals surface area contributed by atoms with E-state index in [2.05, 4.69) is 17.2 Å². The maximum Gasteiger partial charge on any atom is 0.253 e. The quantitative estimate of drug-likeness (QED) is 0.711. The van der Waals surface area contributed by atoms with Gasteiger partial charge in [-0.15, -0.1) is 0 Å². The molecule has 0 aliphatic heterocycles. The summed E-state index contributed by atoms with van der Waals surface area (Å²) in [6, 6.07) is 1.79. The predicted molar refractivity (Wildman–Crippen MR) is 50.5 cm³/mol. The Kier molecular flexibility index (Phi) is 1.87. The van der Waals surface area contributed by atoms with E-state index < -0.39 is 0 Å². The molecule has 1 saturated carbocycles. The summed E-state index contributed by atoms with van der Waals surface area (Å²) >= 11 is 0. The normalized spacial score (nSPS) is 19.2. The van der Waals surface area contributed by atoms with Crippen molar-refractivity contribution in [1.29, 1.82) is 0 Å². The van der Waals surface area contributed by atoms with Crippen LogP contribution in [0, 0.1) is 0 Å². The van der Waals surface area contributed by atoms with Crippen LogP contribution in [0.1, 0.15) is 36.5 Å². The average Bonchev–Trinajstić information content (AvgIpc) is 2.53. The highest BCUT2D eigenvalue weighted by Gasteiger charge is 2.33. The first-order valence-corrected chi connectivity index (χ1v) is 4.65. The smallest absolute Gasteiger partial charge is 0.253 e. The Morgan fingerprint density at radius 2 is 2.38 bits per heavy atom. The molecule has 13 heavy (non-hydrogen) atoms. The van der Waals surface area contributed by atoms with Gasteiger partial charge in [-0.2, -0.15) is 0 Å². The lowest BCUT2D eigenvalue weighted by atomic mass is 9.78. The number of rotatable bonds is 2. The van der Waals surface area contributed by atoms with Gasteiger partial charge in [-0.3, -0.25) is 4.79 Å². The molecule has 0 bridgehead atoms. The van der Waals surface area contributed by atoms with Crippen LogP contribution in [0.5, 0.6) is 0 Å². The molecule has 0 aromatic carbocycles. The van der Waals surface area contributed by atoms with Gasteiger partial charge in [0.25, 0.3) is 5.91 Å². The number of aromatic amines is 1. The largest absolute Gasteiger partial charge is 0.367 e. The summed E-state index contributed by atoms with van der Waals surface area (Å²) in [5.74, 6) is 0.0310. The van der Waals surface area contributed by atoms with Crippen molar-refractivity contribution in [3.63, 3.8) is 0 Å². The Morgan fingerprint density at radius 3 is 2.85 bits per heavy atom. The van der Waals surface area contributed by atoms with Crippen LogP contribution in [0.2, 0.25) is 0 Å². The fourth-order valence-electron chi connectivity index (χ4n) is 1.64. The highest BCUT2D eigenvalue weighted by Crippen LogP contribution is 2.31. The molecule has 1 heterocycles. The fourth-order valence-corrected chi connectivity index (χ4v) is 1.64. The zero-order valence-electron chi connectivity index (χ0n) is 7.76. The average molecular weight is 178 g/mol. The van der Waals surface area contributed by atoms with Crippen LogP contribution in [0.15, 0.2) is 18.5 Å². The molecule has 1 aromatic rings. The van der Waals surface area contributed by atoms with E-state index in [0.717, 1.165) is 12.8 Å². The minimum atomic E-state index is 0.0310. The number of nitrogens with one attached hydrogen (secondary N) is 2. The van der Waals surface area contributed by atoms with Crippen LogP contribution < -0.4 is 5.32 Å². The molecule has 70 valence electrons. The van der Waals surface area contributed by atoms with Crippen molar-refractivity contribution in [2.24, 2.45) is 0 Å². The Balaban J connectivity index is 1.99. The van der Waals surface area contributed by atoms with Crippen LogP contribution in [-0.4, -0.2) is 16.4 Å². The molecule has 1 aromatic heterocycles. The lowest BCUT2D eigenvalue weighted by Gasteiger charge is -2.39. The van der Waals surface area contributed by atoms with Crippen molar-refractivity contribution >= 4 is 5.91 Å². The third kappa shape index (κ3) is 1.59. The van der Waals surface area contributed by atoms with E-state index in [1.165, 1.54) is 6.42 Å². The third-order valence-electron chi connectivity index (χ3n) is 2.73. The number of hydrogen-bond donors (Lipinski definition) is 2. The Labute approximate surface area is 77.5 Å². The summed E-state index contributed by atoms with van der Waals surface area (Å²) in [4.78, 5) is 14.5. The lowest BCUT2D eigenvalue weighted by Crippen LogP contribution is -2.50. The summed E-state index contributed by atoms with van der Waals surface area (Å²) in [6.07, 6.45) is 6.91. The topological polar surface area (TPSA) is 44.9 Å². The van der Waals surface area contributed by atoms with Crippen molar-refractivity contribution in [3.8, 4) is 0 Å². The maximum atomic E-state index is 11.6. The number of amides is 1. The van der Waals surface area contributed by atoms with Gasteiger partial charge in [0.15, 0.2) is 0 Å². The van der Waals surface area contributed by atoms with E-state index in [-0.39, 0.29) is 11.4 Å². The third-order valence-corrected chi connectivity index (χ3v) is 2.73. The fraction of sp³-hybridized carbons (Fsp3) is 0.500. The molecule has 3 nitrogen and oxygen atoms in total. The Hall–Kier alpha value is -1.25. The first kappa shape index (κ1) is 8.35. The molecular formula is C10H14N2O. The summed E-state index contributed by atoms with van der Waals surface area (Å²) in [6.45, 7) is 2.10. The summed E-state index contributed by atoms with van der Waals surface area (Å²) in [5.41, 5.74) is 0.766. The van der Waals surface area contributed by atoms with Crippen LogP contribution in [-0.2, 0) is 0 Å². The van der Waals surface area contributed by atoms with Gasteiger partial charge in [-0.05, 0) is 32.3 Å². The molecule has 1 fully saturated rings. The first-order chi connectivity index (χ1) is 6.20. The van der Waals surface area contributed by atoms with Crippen LogP contribution >= 0.6 is 0 Å². The number of aromatic nitrogens is 1. The van der Waals surface area contributed by atoms with Crippen molar-refractivity contribution in [1.82, 2.24) is 10.3 Å².